The van der Waals surface area contributed by atoms with Crippen LogP contribution in [-0.4, -0.2) is 95.2 Å². The van der Waals surface area contributed by atoms with Crippen LogP contribution in [0, 0.1) is 367 Å². The van der Waals surface area contributed by atoms with Gasteiger partial charge in [-0.2, -0.15) is 10.2 Å². The van der Waals surface area contributed by atoms with Gasteiger partial charge < -0.3 is 0 Å². The normalized spacial score (nSPS) is 11.1. The van der Waals surface area contributed by atoms with Gasteiger partial charge in [0.15, 0.2) is 22.6 Å². The van der Waals surface area contributed by atoms with Crippen molar-refractivity contribution in [2.45, 2.75) is 367 Å². The minimum absolute atomic E-state index is 0.763. The molecule has 0 atom stereocenters. The summed E-state index contributed by atoms with van der Waals surface area (Å²) in [6, 6.07) is 0. The second-order valence-electron chi connectivity index (χ2n) is 40.8. The zero-order chi connectivity index (χ0) is 107. The van der Waals surface area contributed by atoms with Crippen molar-refractivity contribution in [2.24, 2.45) is 0 Å². The molecule has 19 heteroatoms. The summed E-state index contributed by atoms with van der Waals surface area (Å²) in [6.07, 6.45) is 0. The first-order valence-corrected chi connectivity index (χ1v) is 50.3. The quantitative estimate of drug-likeness (QED) is 0.137. The van der Waals surface area contributed by atoms with Crippen molar-refractivity contribution in [1.29, 1.82) is 0 Å². The van der Waals surface area contributed by atoms with Crippen molar-refractivity contribution < 1.29 is 0 Å². The molecule has 0 bridgehead atoms. The molecule has 0 aliphatic rings. The molecule has 0 fully saturated rings. The summed E-state index contributed by atoms with van der Waals surface area (Å²) in [5.74, 6) is 1.64. The van der Waals surface area contributed by atoms with Crippen molar-refractivity contribution in [2.75, 3.05) is 0 Å². The van der Waals surface area contributed by atoms with E-state index < -0.39 is 0 Å². The number of hydrogen-bond acceptors (Lipinski definition) is 19. The largest absolute Gasteiger partial charge is 0.253 e. The highest BCUT2D eigenvalue weighted by molar-refractivity contribution is 5.95. The second-order valence-corrected chi connectivity index (χ2v) is 40.8. The van der Waals surface area contributed by atoms with E-state index >= 15 is 0 Å². The molecule has 18 aromatic rings. The molecule has 0 spiro atoms. The van der Waals surface area contributed by atoms with Gasteiger partial charge in [0.2, 0.25) is 0 Å². The number of aryl methyl sites for hydroxylation is 36. The van der Waals surface area contributed by atoms with Crippen LogP contribution in [0.25, 0.3) is 98.9 Å². The van der Waals surface area contributed by atoms with Gasteiger partial charge >= 0.3 is 0 Å². The first-order valence-electron chi connectivity index (χ1n) is 50.3. The maximum atomic E-state index is 4.80. The third-order valence-corrected chi connectivity index (χ3v) is 32.9. The van der Waals surface area contributed by atoms with Crippen molar-refractivity contribution in [1.82, 2.24) is 95.2 Å². The zero-order valence-electron chi connectivity index (χ0n) is 97.0. The van der Waals surface area contributed by atoms with E-state index in [1.54, 1.807) is 0 Å². The van der Waals surface area contributed by atoms with E-state index in [9.17, 15) is 0 Å². The Bertz CT molecular complexity index is 7980. The third kappa shape index (κ3) is 21.8. The highest BCUT2D eigenvalue weighted by atomic mass is 15.1. The highest BCUT2D eigenvalue weighted by Gasteiger charge is 2.23. The van der Waals surface area contributed by atoms with E-state index in [1.165, 1.54) is 238 Å². The fourth-order valence-corrected chi connectivity index (χ4v) is 19.4. The van der Waals surface area contributed by atoms with Crippen LogP contribution in [0.1, 0.15) is 297 Å². The maximum absolute atomic E-state index is 4.80. The SMILES string of the molecule is Cc1nc(C)c2c(C)c(C)c(C)c(C)c2n1.Cc1nc(C)c2c(C)c(C)c(C)nc2n1.Cc1nc2c(C)c(C)c(C)c(C)c2c(C)c1C.Cc1nc2c(C)c(C)c(C)c(C)c2c(C)c1C.Cc1nc2c(C)c(C)c(C)c(C)c2nc1C.Cc1nc2nc(C)c(C)c(C)c2c(C)c1C.Cc1nc2nc(C)c(C)c(C)c2nc1C.Cc1nc2nnc(C)c(C)c2c(C)c1C.Cc1nnc2c(C)c(C)c(C)c(C)c2c1C. The molecular formula is C124H159N19. The lowest BCUT2D eigenvalue weighted by Gasteiger charge is -2.17. The molecule has 143 heavy (non-hydrogen) atoms. The minimum atomic E-state index is 0.763. The lowest BCUT2D eigenvalue weighted by atomic mass is 9.90. The number of pyridine rings is 7. The Morgan fingerprint density at radius 1 is 0.0839 bits per heavy atom. The number of aromatic nitrogens is 19. The summed E-state index contributed by atoms with van der Waals surface area (Å²) < 4.78 is 0. The molecule has 18 rings (SSSR count). The van der Waals surface area contributed by atoms with Gasteiger partial charge in [-0.25, -0.2) is 64.8 Å². The Kier molecular flexibility index (Phi) is 34.5. The molecule has 0 N–H and O–H groups in total. The predicted molar refractivity (Wildman–Crippen MR) is 605 cm³/mol. The van der Waals surface area contributed by atoms with Crippen LogP contribution in [0.4, 0.5) is 0 Å². The third-order valence-electron chi connectivity index (χ3n) is 32.9. The minimum Gasteiger partial charge on any atom is -0.253 e. The van der Waals surface area contributed by atoms with Crippen molar-refractivity contribution in [3.8, 4) is 0 Å². The average Bonchev–Trinajstić information content (AvgIpc) is 0.758. The van der Waals surface area contributed by atoms with Gasteiger partial charge in [0.25, 0.3) is 0 Å². The molecule has 0 radical (unpaired) electrons. The molecule has 19 nitrogen and oxygen atoms in total. The molecule has 750 valence electrons. The van der Waals surface area contributed by atoms with Crippen LogP contribution in [0.15, 0.2) is 0 Å². The Hall–Kier alpha value is -13.0. The molecular weight excluding hydrogens is 1760 g/mol. The van der Waals surface area contributed by atoms with Crippen LogP contribution in [0.3, 0.4) is 0 Å². The first kappa shape index (κ1) is 112. The van der Waals surface area contributed by atoms with Crippen LogP contribution in [-0.2, 0) is 0 Å². The number of fused-ring (bicyclic) bond motifs is 9. The van der Waals surface area contributed by atoms with Crippen LogP contribution in [0.5, 0.6) is 0 Å². The van der Waals surface area contributed by atoms with Gasteiger partial charge in [0.1, 0.15) is 17.2 Å². The Morgan fingerprint density at radius 2 is 0.287 bits per heavy atom. The summed E-state index contributed by atoms with van der Waals surface area (Å²) in [7, 11) is 0. The number of nitrogens with zero attached hydrogens (tertiary/aromatic N) is 19. The Labute approximate surface area is 853 Å². The molecule has 0 aliphatic heterocycles. The first-order chi connectivity index (χ1) is 66.5. The van der Waals surface area contributed by atoms with E-state index in [1.807, 2.05) is 96.9 Å². The van der Waals surface area contributed by atoms with Crippen LogP contribution < -0.4 is 0 Å². The fraction of sp³-hybridized carbons (Fsp3) is 0.427. The number of rotatable bonds is 0. The fourth-order valence-electron chi connectivity index (χ4n) is 19.4. The van der Waals surface area contributed by atoms with Crippen molar-refractivity contribution >= 4 is 98.9 Å². The molecule has 0 unspecified atom stereocenters. The average molecular weight is 1920 g/mol. The number of hydrogen-bond donors (Lipinski definition) is 0. The lowest BCUT2D eigenvalue weighted by Crippen LogP contribution is -2.01. The van der Waals surface area contributed by atoms with E-state index in [4.69, 9.17) is 9.97 Å². The monoisotopic (exact) mass is 1910 g/mol. The van der Waals surface area contributed by atoms with Gasteiger partial charge in [-0.05, 0) is 567 Å². The maximum Gasteiger partial charge on any atom is 0.182 e. The van der Waals surface area contributed by atoms with E-state index in [0.29, 0.717) is 0 Å². The Morgan fingerprint density at radius 3 is 0.657 bits per heavy atom. The molecule has 13 aromatic heterocycles. The summed E-state index contributed by atoms with van der Waals surface area (Å²) in [6.45, 7) is 112. The summed E-state index contributed by atoms with van der Waals surface area (Å²) in [5.41, 5.74) is 73.8. The van der Waals surface area contributed by atoms with Gasteiger partial charge in [-0.3, -0.25) is 9.97 Å². The van der Waals surface area contributed by atoms with Gasteiger partial charge in [-0.1, -0.05) is 0 Å². The number of benzene rings is 5. The second kappa shape index (κ2) is 44.0. The predicted octanol–water partition coefficient (Wildman–Crippen LogP) is 30.4. The summed E-state index contributed by atoms with van der Waals surface area (Å²) >= 11 is 0. The molecule has 5 aromatic carbocycles. The lowest BCUT2D eigenvalue weighted by molar-refractivity contribution is 0.971. The highest BCUT2D eigenvalue weighted by Crippen LogP contribution is 2.39. The van der Waals surface area contributed by atoms with E-state index in [-0.39, 0.29) is 0 Å². The van der Waals surface area contributed by atoms with E-state index in [2.05, 4.69) is 355 Å². The van der Waals surface area contributed by atoms with Gasteiger partial charge in [0.05, 0.1) is 73.0 Å². The standard InChI is InChI=1S/2C16H21N.4C14H18N2.3C12H15N3/c2*1-8-9(2)13(6)16-15(11(8)4)12(5)10(3)14(7)17-16;1-7-9(3)13-10(4)8(2)12(6)16-14(13)15-11(7)5;1-7-8(2)10(4)14-13(9(7)3)11(5)15-12(6)16-14;1-7-8(2)10(4)14-13(9(7)3)15-11(5)12(6)16-14;1-7-8(2)10(4)14-13(9(7)3)11(5)12(6)15-16-14;1-6-7(2)11-8(3)10(5)14-15-12(11)13-9(6)4;1-6-7(2)11-9(4)13-10(5)15-12(11)14-8(6)3;1-6-7(2)11-12(14-8(6)3)15-10(5)9(4)13-11/h2*1-7H3;4*1-6H3;3*1-5H3. The van der Waals surface area contributed by atoms with Crippen molar-refractivity contribution in [3.05, 3.63) is 297 Å². The van der Waals surface area contributed by atoms with Gasteiger partial charge in [0, 0.05) is 83.3 Å². The topological polar surface area (TPSA) is 245 Å². The molecule has 0 saturated carbocycles. The molecule has 0 aliphatic carbocycles. The van der Waals surface area contributed by atoms with E-state index in [0.717, 1.165) is 158 Å². The summed E-state index contributed by atoms with van der Waals surface area (Å²) in [4.78, 5) is 68.4. The zero-order valence-corrected chi connectivity index (χ0v) is 97.0. The van der Waals surface area contributed by atoms with Crippen molar-refractivity contribution in [3.63, 3.8) is 0 Å². The van der Waals surface area contributed by atoms with Crippen LogP contribution in [0.2, 0.25) is 0 Å². The van der Waals surface area contributed by atoms with Gasteiger partial charge in [-0.15, -0.1) is 10.2 Å². The summed E-state index contributed by atoms with van der Waals surface area (Å²) in [5, 5.41) is 25.5. The molecule has 0 saturated heterocycles. The molecule has 13 heterocycles. The smallest absolute Gasteiger partial charge is 0.182 e. The van der Waals surface area contributed by atoms with Crippen LogP contribution >= 0.6 is 0 Å². The molecule has 0 amide bonds. The Balaban J connectivity index is 0.000000165.